The van der Waals surface area contributed by atoms with Crippen molar-refractivity contribution in [3.05, 3.63) is 28.2 Å². The van der Waals surface area contributed by atoms with Crippen LogP contribution in [0.4, 0.5) is 0 Å². The molecule has 1 aromatic carbocycles. The highest BCUT2D eigenvalue weighted by Gasteiger charge is 2.17. The van der Waals surface area contributed by atoms with Crippen LogP contribution < -0.4 is 10.1 Å². The number of hydrogen-bond donors (Lipinski definition) is 2. The zero-order chi connectivity index (χ0) is 13.0. The van der Waals surface area contributed by atoms with Crippen LogP contribution in [0.25, 0.3) is 0 Å². The summed E-state index contributed by atoms with van der Waals surface area (Å²) in [4.78, 5) is 0. The van der Waals surface area contributed by atoms with Crippen molar-refractivity contribution in [2.24, 2.45) is 0 Å². The summed E-state index contributed by atoms with van der Waals surface area (Å²) in [5, 5.41) is 13.2. The lowest BCUT2D eigenvalue weighted by atomic mass is 9.93. The Morgan fingerprint density at radius 3 is 2.89 bits per heavy atom. The number of aliphatic hydroxyl groups excluding tert-OH is 1. The van der Waals surface area contributed by atoms with Crippen LogP contribution in [0, 0.1) is 6.92 Å². The molecule has 0 saturated heterocycles. The van der Waals surface area contributed by atoms with Gasteiger partial charge in [-0.05, 0) is 53.4 Å². The highest BCUT2D eigenvalue weighted by Crippen LogP contribution is 2.25. The summed E-state index contributed by atoms with van der Waals surface area (Å²) >= 11 is 3.46. The molecule has 0 aromatic heterocycles. The molecule has 0 aliphatic heterocycles. The zero-order valence-electron chi connectivity index (χ0n) is 10.7. The van der Waals surface area contributed by atoms with Crippen molar-refractivity contribution in [3.8, 4) is 5.75 Å². The van der Waals surface area contributed by atoms with E-state index < -0.39 is 6.10 Å². The summed E-state index contributed by atoms with van der Waals surface area (Å²) in [6.45, 7) is 2.96. The number of benzene rings is 1. The quantitative estimate of drug-likeness (QED) is 0.848. The van der Waals surface area contributed by atoms with Crippen LogP contribution in [0.1, 0.15) is 24.8 Å². The molecule has 2 N–H and O–H groups in total. The van der Waals surface area contributed by atoms with Crippen LogP contribution in [-0.4, -0.2) is 30.4 Å². The average Bonchev–Trinajstić information content (AvgIpc) is 2.25. The maximum atomic E-state index is 9.82. The van der Waals surface area contributed by atoms with Crippen LogP contribution >= 0.6 is 15.9 Å². The van der Waals surface area contributed by atoms with Crippen molar-refractivity contribution in [3.63, 3.8) is 0 Å². The number of rotatable bonds is 6. The molecule has 0 spiro atoms. The molecule has 1 aliphatic rings. The number of ether oxygens (including phenoxy) is 1. The van der Waals surface area contributed by atoms with E-state index in [4.69, 9.17) is 4.74 Å². The molecule has 2 rings (SSSR count). The number of aryl methyl sites for hydroxylation is 1. The molecule has 1 aromatic rings. The summed E-state index contributed by atoms with van der Waals surface area (Å²) in [5.41, 5.74) is 1.18. The predicted octanol–water partition coefficient (Wildman–Crippen LogP) is 2.64. The zero-order valence-corrected chi connectivity index (χ0v) is 12.2. The van der Waals surface area contributed by atoms with Crippen LogP contribution in [0.5, 0.6) is 5.75 Å². The van der Waals surface area contributed by atoms with Crippen molar-refractivity contribution in [1.82, 2.24) is 5.32 Å². The van der Waals surface area contributed by atoms with Crippen LogP contribution in [0.15, 0.2) is 22.7 Å². The van der Waals surface area contributed by atoms with E-state index in [0.717, 1.165) is 10.2 Å². The molecule has 4 heteroatoms. The molecule has 1 unspecified atom stereocenters. The second-order valence-corrected chi connectivity index (χ2v) is 5.79. The highest BCUT2D eigenvalue weighted by atomic mass is 79.9. The summed E-state index contributed by atoms with van der Waals surface area (Å²) in [5.74, 6) is 0.781. The molecule has 3 nitrogen and oxygen atoms in total. The fourth-order valence-corrected chi connectivity index (χ4v) is 2.49. The lowest BCUT2D eigenvalue weighted by molar-refractivity contribution is 0.0993. The number of aliphatic hydroxyl groups is 1. The third-order valence-corrected chi connectivity index (χ3v) is 3.89. The van der Waals surface area contributed by atoms with Crippen LogP contribution in [0.2, 0.25) is 0 Å². The largest absolute Gasteiger partial charge is 0.490 e. The fraction of sp³-hybridized carbons (Fsp3) is 0.571. The number of hydrogen-bond acceptors (Lipinski definition) is 3. The van der Waals surface area contributed by atoms with Crippen molar-refractivity contribution in [2.45, 2.75) is 38.3 Å². The molecular weight excluding hydrogens is 294 g/mol. The second kappa shape index (κ2) is 6.55. The van der Waals surface area contributed by atoms with Gasteiger partial charge in [-0.15, -0.1) is 0 Å². The van der Waals surface area contributed by atoms with Gasteiger partial charge in [-0.3, -0.25) is 0 Å². The third-order valence-electron chi connectivity index (χ3n) is 3.27. The summed E-state index contributed by atoms with van der Waals surface area (Å²) in [6, 6.07) is 6.53. The van der Waals surface area contributed by atoms with Gasteiger partial charge < -0.3 is 15.2 Å². The molecule has 1 aliphatic carbocycles. The van der Waals surface area contributed by atoms with Gasteiger partial charge in [-0.25, -0.2) is 0 Å². The molecule has 0 amide bonds. The topological polar surface area (TPSA) is 41.5 Å². The minimum absolute atomic E-state index is 0.321. The standard InChI is InChI=1S/C14H20BrNO2/c1-10-5-6-14(13(15)7-10)18-9-12(17)8-16-11-3-2-4-11/h5-7,11-12,16-17H,2-4,8-9H2,1H3. The SMILES string of the molecule is Cc1ccc(OCC(O)CNC2CCC2)c(Br)c1. The first-order chi connectivity index (χ1) is 8.65. The molecule has 0 heterocycles. The molecule has 100 valence electrons. The van der Waals surface area contributed by atoms with E-state index in [1.165, 1.54) is 24.8 Å². The molecular formula is C14H20BrNO2. The van der Waals surface area contributed by atoms with Crippen LogP contribution in [0.3, 0.4) is 0 Å². The van der Waals surface area contributed by atoms with Gasteiger partial charge >= 0.3 is 0 Å². The summed E-state index contributed by atoms with van der Waals surface area (Å²) in [7, 11) is 0. The Balaban J connectivity index is 1.72. The van der Waals surface area contributed by atoms with Gasteiger partial charge in [0.05, 0.1) is 4.47 Å². The van der Waals surface area contributed by atoms with E-state index in [0.29, 0.717) is 19.2 Å². The average molecular weight is 314 g/mol. The van der Waals surface area contributed by atoms with Crippen molar-refractivity contribution < 1.29 is 9.84 Å². The van der Waals surface area contributed by atoms with Gasteiger partial charge in [-0.1, -0.05) is 12.5 Å². The highest BCUT2D eigenvalue weighted by molar-refractivity contribution is 9.10. The lowest BCUT2D eigenvalue weighted by Crippen LogP contribution is -2.41. The minimum Gasteiger partial charge on any atom is -0.490 e. The molecule has 0 radical (unpaired) electrons. The van der Waals surface area contributed by atoms with Crippen LogP contribution in [-0.2, 0) is 0 Å². The normalized spacial score (nSPS) is 17.3. The molecule has 0 bridgehead atoms. The van der Waals surface area contributed by atoms with E-state index in [-0.39, 0.29) is 0 Å². The predicted molar refractivity (Wildman–Crippen MR) is 76.0 cm³/mol. The first kappa shape index (κ1) is 13.8. The first-order valence-electron chi connectivity index (χ1n) is 6.45. The number of halogens is 1. The van der Waals surface area contributed by atoms with Crippen molar-refractivity contribution >= 4 is 15.9 Å². The summed E-state index contributed by atoms with van der Waals surface area (Å²) in [6.07, 6.45) is 3.31. The van der Waals surface area contributed by atoms with Gasteiger partial charge in [0.2, 0.25) is 0 Å². The Bertz CT molecular complexity index is 393. The third kappa shape index (κ3) is 3.97. The summed E-state index contributed by atoms with van der Waals surface area (Å²) < 4.78 is 6.53. The van der Waals surface area contributed by atoms with Gasteiger partial charge in [0.25, 0.3) is 0 Å². The Hall–Kier alpha value is -0.580. The molecule has 1 atom stereocenters. The van der Waals surface area contributed by atoms with Crippen molar-refractivity contribution in [1.29, 1.82) is 0 Å². The van der Waals surface area contributed by atoms with Gasteiger partial charge in [0.1, 0.15) is 18.5 Å². The Morgan fingerprint density at radius 2 is 2.28 bits per heavy atom. The van der Waals surface area contributed by atoms with Crippen molar-refractivity contribution in [2.75, 3.05) is 13.2 Å². The van der Waals surface area contributed by atoms with Gasteiger partial charge in [-0.2, -0.15) is 0 Å². The molecule has 18 heavy (non-hydrogen) atoms. The minimum atomic E-state index is -0.459. The monoisotopic (exact) mass is 313 g/mol. The first-order valence-corrected chi connectivity index (χ1v) is 7.25. The van der Waals surface area contributed by atoms with E-state index >= 15 is 0 Å². The van der Waals surface area contributed by atoms with E-state index in [9.17, 15) is 5.11 Å². The Labute approximate surface area is 117 Å². The van der Waals surface area contributed by atoms with E-state index in [1.54, 1.807) is 0 Å². The Morgan fingerprint density at radius 1 is 1.50 bits per heavy atom. The second-order valence-electron chi connectivity index (χ2n) is 4.93. The molecule has 1 fully saturated rings. The van der Waals surface area contributed by atoms with E-state index in [2.05, 4.69) is 21.2 Å². The maximum Gasteiger partial charge on any atom is 0.133 e. The number of nitrogens with one attached hydrogen (secondary N) is 1. The Kier molecular flexibility index (Phi) is 5.03. The van der Waals surface area contributed by atoms with Gasteiger partial charge in [0.15, 0.2) is 0 Å². The molecule has 1 saturated carbocycles. The van der Waals surface area contributed by atoms with E-state index in [1.807, 2.05) is 25.1 Å². The smallest absolute Gasteiger partial charge is 0.133 e. The fourth-order valence-electron chi connectivity index (χ4n) is 1.88. The van der Waals surface area contributed by atoms with Gasteiger partial charge in [0, 0.05) is 12.6 Å². The lowest BCUT2D eigenvalue weighted by Gasteiger charge is -2.27. The maximum absolute atomic E-state index is 9.82.